The zero-order chi connectivity index (χ0) is 35.2. The third-order valence-corrected chi connectivity index (χ3v) is 9.01. The zero-order valence-corrected chi connectivity index (χ0v) is 29.5. The SMILES string of the molecule is CCCCCCCCOC(=O)NC(=N)c1ccc(NCc2nc3cc(C(C)(NCC(=O)OCCC)C(=O)N4CCCC4)ccc3n2C)cc1. The number of ether oxygens (including phenoxy) is 2. The van der Waals surface area contributed by atoms with Crippen molar-refractivity contribution < 1.29 is 23.9 Å². The summed E-state index contributed by atoms with van der Waals surface area (Å²) in [6, 6.07) is 13.0. The Hall–Kier alpha value is -4.45. The number of hydrogen-bond acceptors (Lipinski definition) is 9. The van der Waals surface area contributed by atoms with Gasteiger partial charge in [-0.15, -0.1) is 0 Å². The van der Waals surface area contributed by atoms with Crippen molar-refractivity contribution in [2.45, 2.75) is 90.6 Å². The van der Waals surface area contributed by atoms with Crippen LogP contribution in [0.1, 0.15) is 95.5 Å². The minimum absolute atomic E-state index is 0.0202. The number of hydrogen-bond donors (Lipinski definition) is 4. The minimum Gasteiger partial charge on any atom is -0.465 e. The Balaban J connectivity index is 1.37. The fourth-order valence-corrected chi connectivity index (χ4v) is 5.97. The van der Waals surface area contributed by atoms with Crippen LogP contribution in [0.15, 0.2) is 42.5 Å². The average molecular weight is 676 g/mol. The second kappa shape index (κ2) is 18.4. The number of esters is 1. The Labute approximate surface area is 289 Å². The second-order valence-corrected chi connectivity index (χ2v) is 12.8. The van der Waals surface area contributed by atoms with Crippen LogP contribution in [0.3, 0.4) is 0 Å². The summed E-state index contributed by atoms with van der Waals surface area (Å²) in [6.45, 7) is 8.39. The summed E-state index contributed by atoms with van der Waals surface area (Å²) in [5, 5.41) is 17.4. The molecule has 1 unspecified atom stereocenters. The van der Waals surface area contributed by atoms with Crippen LogP contribution in [-0.2, 0) is 38.2 Å². The normalized spacial score (nSPS) is 14.0. The molecule has 4 rings (SSSR count). The van der Waals surface area contributed by atoms with E-state index in [4.69, 9.17) is 19.9 Å². The lowest BCUT2D eigenvalue weighted by Crippen LogP contribution is -2.54. The molecule has 0 bridgehead atoms. The number of alkyl carbamates (subject to hydrolysis) is 1. The van der Waals surface area contributed by atoms with Crippen LogP contribution in [0, 0.1) is 5.41 Å². The summed E-state index contributed by atoms with van der Waals surface area (Å²) in [4.78, 5) is 45.0. The number of rotatable bonds is 18. The lowest BCUT2D eigenvalue weighted by molar-refractivity contribution is -0.144. The van der Waals surface area contributed by atoms with Gasteiger partial charge in [-0.25, -0.2) is 9.78 Å². The van der Waals surface area contributed by atoms with Gasteiger partial charge in [0.2, 0.25) is 5.91 Å². The van der Waals surface area contributed by atoms with Crippen molar-refractivity contribution in [2.75, 3.05) is 38.2 Å². The van der Waals surface area contributed by atoms with E-state index in [-0.39, 0.29) is 18.3 Å². The summed E-state index contributed by atoms with van der Waals surface area (Å²) in [5.41, 5.74) is 2.65. The highest BCUT2D eigenvalue weighted by molar-refractivity contribution is 6.04. The Kier molecular flexibility index (Phi) is 14.0. The van der Waals surface area contributed by atoms with Crippen molar-refractivity contribution >= 4 is 40.5 Å². The van der Waals surface area contributed by atoms with Gasteiger partial charge in [0.15, 0.2) is 0 Å². The van der Waals surface area contributed by atoms with Gasteiger partial charge in [0.1, 0.15) is 17.2 Å². The Morgan fingerprint density at radius 2 is 1.63 bits per heavy atom. The van der Waals surface area contributed by atoms with Crippen LogP contribution >= 0.6 is 0 Å². The molecule has 0 radical (unpaired) electrons. The van der Waals surface area contributed by atoms with E-state index in [1.165, 1.54) is 19.3 Å². The standard InChI is InChI=1S/C37H53N7O5/c1-5-7-8-9-10-13-23-49-36(47)42-34(38)27-14-17-29(18-15-27)39-25-32-41-30-24-28(16-19-31(30)43(32)4)37(3,35(46)44-20-11-12-21-44)40-26-33(45)48-22-6-2/h14-19,24,39-40H,5-13,20-23,25-26H2,1-4H3,(H2,38,42,47). The number of fused-ring (bicyclic) bond motifs is 1. The maximum absolute atomic E-state index is 13.8. The molecule has 2 aromatic carbocycles. The molecule has 0 aliphatic carbocycles. The molecule has 2 amide bonds. The fraction of sp³-hybridized carbons (Fsp3) is 0.541. The van der Waals surface area contributed by atoms with E-state index in [0.717, 1.165) is 66.6 Å². The molecule has 1 atom stereocenters. The van der Waals surface area contributed by atoms with Gasteiger partial charge in [0.25, 0.3) is 0 Å². The predicted molar refractivity (Wildman–Crippen MR) is 192 cm³/mol. The number of benzene rings is 2. The summed E-state index contributed by atoms with van der Waals surface area (Å²) in [5.74, 6) is 0.315. The molecule has 12 nitrogen and oxygen atoms in total. The second-order valence-electron chi connectivity index (χ2n) is 12.8. The van der Waals surface area contributed by atoms with Crippen molar-refractivity contribution in [2.24, 2.45) is 7.05 Å². The van der Waals surface area contributed by atoms with Gasteiger partial charge in [-0.1, -0.05) is 52.0 Å². The highest BCUT2D eigenvalue weighted by Gasteiger charge is 2.40. The first-order valence-electron chi connectivity index (χ1n) is 17.7. The molecular formula is C37H53N7O5. The number of unbranched alkanes of at least 4 members (excludes halogenated alkanes) is 5. The van der Waals surface area contributed by atoms with Crippen molar-refractivity contribution in [3.05, 3.63) is 59.4 Å². The number of aryl methyl sites for hydroxylation is 1. The molecule has 3 aromatic rings. The van der Waals surface area contributed by atoms with E-state index in [9.17, 15) is 14.4 Å². The highest BCUT2D eigenvalue weighted by Crippen LogP contribution is 2.29. The quantitative estimate of drug-likeness (QED) is 0.0557. The number of amidine groups is 1. The number of imidazole rings is 1. The van der Waals surface area contributed by atoms with Crippen LogP contribution in [0.2, 0.25) is 0 Å². The van der Waals surface area contributed by atoms with Gasteiger partial charge >= 0.3 is 12.1 Å². The molecule has 1 aromatic heterocycles. The number of aromatic nitrogens is 2. The molecular weight excluding hydrogens is 622 g/mol. The van der Waals surface area contributed by atoms with E-state index in [1.54, 1.807) is 12.1 Å². The molecule has 0 spiro atoms. The molecule has 12 heteroatoms. The molecule has 1 aliphatic heterocycles. The van der Waals surface area contributed by atoms with Crippen LogP contribution in [0.5, 0.6) is 0 Å². The lowest BCUT2D eigenvalue weighted by Gasteiger charge is -2.34. The highest BCUT2D eigenvalue weighted by atomic mass is 16.5. The predicted octanol–water partition coefficient (Wildman–Crippen LogP) is 5.98. The van der Waals surface area contributed by atoms with E-state index in [2.05, 4.69) is 22.9 Å². The van der Waals surface area contributed by atoms with Gasteiger partial charge < -0.3 is 24.3 Å². The topological polar surface area (TPSA) is 151 Å². The first-order chi connectivity index (χ1) is 23.7. The molecule has 1 saturated heterocycles. The van der Waals surface area contributed by atoms with Gasteiger partial charge in [-0.3, -0.25) is 25.6 Å². The number of amides is 2. The molecule has 266 valence electrons. The molecule has 1 fully saturated rings. The smallest absolute Gasteiger partial charge is 0.412 e. The maximum atomic E-state index is 13.8. The summed E-state index contributed by atoms with van der Waals surface area (Å²) in [7, 11) is 1.95. The molecule has 49 heavy (non-hydrogen) atoms. The summed E-state index contributed by atoms with van der Waals surface area (Å²) >= 11 is 0. The van der Waals surface area contributed by atoms with Crippen LogP contribution in [-0.4, -0.2) is 71.1 Å². The number of nitrogens with zero attached hydrogens (tertiary/aromatic N) is 3. The van der Waals surface area contributed by atoms with E-state index >= 15 is 0 Å². The van der Waals surface area contributed by atoms with Crippen molar-refractivity contribution in [1.82, 2.24) is 25.1 Å². The summed E-state index contributed by atoms with van der Waals surface area (Å²) < 4.78 is 12.5. The molecule has 2 heterocycles. The molecule has 0 saturated carbocycles. The number of anilines is 1. The number of carbonyl (C=O) groups excluding carboxylic acids is 3. The van der Waals surface area contributed by atoms with Crippen molar-refractivity contribution in [3.8, 4) is 0 Å². The number of nitrogens with one attached hydrogen (secondary N) is 4. The summed E-state index contributed by atoms with van der Waals surface area (Å²) in [6.07, 6.45) is 8.68. The van der Waals surface area contributed by atoms with Gasteiger partial charge in [0, 0.05) is 31.4 Å². The van der Waals surface area contributed by atoms with Crippen molar-refractivity contribution in [3.63, 3.8) is 0 Å². The van der Waals surface area contributed by atoms with Gasteiger partial charge in [-0.05, 0) is 74.6 Å². The minimum atomic E-state index is -1.13. The maximum Gasteiger partial charge on any atom is 0.412 e. The Bertz CT molecular complexity index is 1570. The van der Waals surface area contributed by atoms with E-state index in [1.807, 2.05) is 60.7 Å². The Morgan fingerprint density at radius 1 is 0.918 bits per heavy atom. The first-order valence-corrected chi connectivity index (χ1v) is 17.7. The van der Waals surface area contributed by atoms with Crippen LogP contribution < -0.4 is 16.0 Å². The molecule has 1 aliphatic rings. The lowest BCUT2D eigenvalue weighted by atomic mass is 9.89. The fourth-order valence-electron chi connectivity index (χ4n) is 5.97. The zero-order valence-electron chi connectivity index (χ0n) is 29.5. The van der Waals surface area contributed by atoms with E-state index in [0.29, 0.717) is 38.4 Å². The van der Waals surface area contributed by atoms with Gasteiger partial charge in [-0.2, -0.15) is 0 Å². The molecule has 4 N–H and O–H groups in total. The third kappa shape index (κ3) is 10.3. The first kappa shape index (κ1) is 37.4. The number of carbonyl (C=O) groups is 3. The van der Waals surface area contributed by atoms with Crippen LogP contribution in [0.25, 0.3) is 11.0 Å². The van der Waals surface area contributed by atoms with Crippen molar-refractivity contribution in [1.29, 1.82) is 5.41 Å². The number of likely N-dealkylation sites (tertiary alicyclic amines) is 1. The average Bonchev–Trinajstić information content (AvgIpc) is 3.76. The van der Waals surface area contributed by atoms with E-state index < -0.39 is 17.6 Å². The van der Waals surface area contributed by atoms with Crippen LogP contribution in [0.4, 0.5) is 10.5 Å². The largest absolute Gasteiger partial charge is 0.465 e. The Morgan fingerprint density at radius 3 is 2.35 bits per heavy atom. The third-order valence-electron chi connectivity index (χ3n) is 9.01. The van der Waals surface area contributed by atoms with Gasteiger partial charge in [0.05, 0.1) is 37.3 Å². The monoisotopic (exact) mass is 675 g/mol.